The number of esters is 2. The maximum Gasteiger partial charge on any atom is 0.472 e. The third-order valence-electron chi connectivity index (χ3n) is 18.1. The molecule has 0 heterocycles. The first-order valence-electron chi connectivity index (χ1n) is 39.7. The second-order valence-corrected chi connectivity index (χ2v) is 29.9. The van der Waals surface area contributed by atoms with Crippen LogP contribution in [0.25, 0.3) is 0 Å². The molecule has 532 valence electrons. The predicted octanol–water partition coefficient (Wildman–Crippen LogP) is 26.2. The summed E-state index contributed by atoms with van der Waals surface area (Å²) in [7, 11) is 1.50. The normalized spacial score (nSPS) is 13.2. The van der Waals surface area contributed by atoms with E-state index in [9.17, 15) is 19.0 Å². The molecule has 1 N–H and O–H groups in total. The van der Waals surface area contributed by atoms with Crippen LogP contribution in [0, 0.1) is 0 Å². The van der Waals surface area contributed by atoms with Gasteiger partial charge in [0.05, 0.1) is 27.7 Å². The number of likely N-dealkylation sites (N-methyl/N-ethyl adjacent to an activating group) is 1. The summed E-state index contributed by atoms with van der Waals surface area (Å²) < 4.78 is 34.8. The summed E-state index contributed by atoms with van der Waals surface area (Å²) in [6, 6.07) is 0. The summed E-state index contributed by atoms with van der Waals surface area (Å²) >= 11 is 0. The van der Waals surface area contributed by atoms with Crippen molar-refractivity contribution >= 4 is 19.8 Å². The zero-order valence-electron chi connectivity index (χ0n) is 60.9. The summed E-state index contributed by atoms with van der Waals surface area (Å²) in [5.41, 5.74) is 0. The van der Waals surface area contributed by atoms with E-state index < -0.39 is 26.5 Å². The lowest BCUT2D eigenvalue weighted by molar-refractivity contribution is -0.870. The van der Waals surface area contributed by atoms with Crippen molar-refractivity contribution in [3.63, 3.8) is 0 Å². The highest BCUT2D eigenvalue weighted by Gasteiger charge is 2.27. The number of hydrogen-bond donors (Lipinski definition) is 1. The number of carbonyl (C=O) groups excluding carboxylic acids is 2. The second kappa shape index (κ2) is 71.5. The molecule has 0 amide bonds. The lowest BCUT2D eigenvalue weighted by Gasteiger charge is -2.24. The lowest BCUT2D eigenvalue weighted by atomic mass is 10.0. The number of ether oxygens (including phenoxy) is 2. The van der Waals surface area contributed by atoms with Gasteiger partial charge in [-0.25, -0.2) is 4.57 Å². The molecular formula is C80H155NO8P+. The van der Waals surface area contributed by atoms with Crippen LogP contribution in [-0.4, -0.2) is 74.9 Å². The van der Waals surface area contributed by atoms with E-state index in [4.69, 9.17) is 18.5 Å². The summed E-state index contributed by atoms with van der Waals surface area (Å²) in [6.07, 6.45) is 93.0. The molecule has 0 saturated carbocycles. The number of quaternary nitrogens is 1. The van der Waals surface area contributed by atoms with Gasteiger partial charge in [-0.05, 0) is 70.6 Å². The molecule has 10 heteroatoms. The molecular weight excluding hydrogens is 1130 g/mol. The Balaban J connectivity index is 3.90. The molecule has 0 aromatic rings. The minimum absolute atomic E-state index is 0.0349. The topological polar surface area (TPSA) is 108 Å². The van der Waals surface area contributed by atoms with Crippen molar-refractivity contribution in [1.29, 1.82) is 0 Å². The first-order valence-corrected chi connectivity index (χ1v) is 41.2. The molecule has 0 aliphatic carbocycles. The highest BCUT2D eigenvalue weighted by molar-refractivity contribution is 7.47. The van der Waals surface area contributed by atoms with Crippen LogP contribution in [0.4, 0.5) is 0 Å². The molecule has 9 nitrogen and oxygen atoms in total. The van der Waals surface area contributed by atoms with Gasteiger partial charge in [0.25, 0.3) is 0 Å². The fourth-order valence-electron chi connectivity index (χ4n) is 12.0. The van der Waals surface area contributed by atoms with Crippen molar-refractivity contribution in [2.75, 3.05) is 47.5 Å². The smallest absolute Gasteiger partial charge is 0.462 e. The number of phosphoric acid groups is 1. The van der Waals surface area contributed by atoms with E-state index in [0.717, 1.165) is 38.5 Å². The van der Waals surface area contributed by atoms with Gasteiger partial charge in [0.15, 0.2) is 6.10 Å². The molecule has 2 atom stereocenters. The van der Waals surface area contributed by atoms with Gasteiger partial charge in [-0.2, -0.15) is 0 Å². The monoisotopic (exact) mass is 1290 g/mol. The highest BCUT2D eigenvalue weighted by Crippen LogP contribution is 2.43. The van der Waals surface area contributed by atoms with Crippen LogP contribution in [-0.2, 0) is 32.7 Å². The standard InChI is InChI=1S/C80H154NO8P/c1-6-8-10-12-14-16-18-20-22-24-26-28-30-32-34-36-37-38-39-40-41-42-43-45-46-48-50-52-54-56-58-60-62-64-66-68-70-72-79(82)86-76-78(77-88-90(84,85)87-75-74-81(3,4)5)89-80(83)73-71-69-67-65-63-61-59-57-55-53-51-49-47-44-35-33-31-29-27-25-23-21-19-17-15-13-11-9-7-2/h19,21,24-27,78H,6-18,20,22-23,28-77H2,1-5H3/p+1/b21-19-,26-24-,27-25-. The fraction of sp³-hybridized carbons (Fsp3) is 0.900. The number of rotatable bonds is 75. The number of allylic oxidation sites excluding steroid dienone is 6. The summed E-state index contributed by atoms with van der Waals surface area (Å²) in [6.45, 7) is 4.50. The Morgan fingerprint density at radius 3 is 0.889 bits per heavy atom. The molecule has 0 radical (unpaired) electrons. The molecule has 0 aliphatic rings. The lowest BCUT2D eigenvalue weighted by Crippen LogP contribution is -2.37. The summed E-state index contributed by atoms with van der Waals surface area (Å²) in [4.78, 5) is 36.0. The highest BCUT2D eigenvalue weighted by atomic mass is 31.2. The SMILES string of the molecule is CCCCCCC/C=C\C/C=C\CCCCCCCCCCCCCCCCCCCC(=O)OC(COC(=O)CCCCCCCCCCCCCCCCCCCCCCCCCCC/C=C\CCCCCCCCCC)COP(=O)(O)OCC[N+](C)(C)C. The van der Waals surface area contributed by atoms with E-state index in [1.54, 1.807) is 0 Å². The second-order valence-electron chi connectivity index (χ2n) is 28.4. The third kappa shape index (κ3) is 75.3. The van der Waals surface area contributed by atoms with Gasteiger partial charge < -0.3 is 18.9 Å². The van der Waals surface area contributed by atoms with Crippen molar-refractivity contribution in [2.24, 2.45) is 0 Å². The average Bonchev–Trinajstić information content (AvgIpc) is 3.58. The van der Waals surface area contributed by atoms with E-state index in [2.05, 4.69) is 50.3 Å². The van der Waals surface area contributed by atoms with Crippen LogP contribution in [0.3, 0.4) is 0 Å². The minimum Gasteiger partial charge on any atom is -0.462 e. The van der Waals surface area contributed by atoms with E-state index in [1.807, 2.05) is 21.1 Å². The summed E-state index contributed by atoms with van der Waals surface area (Å²) in [5.74, 6) is -0.772. The van der Waals surface area contributed by atoms with E-state index in [1.165, 1.54) is 340 Å². The first-order chi connectivity index (χ1) is 44.0. The Morgan fingerprint density at radius 2 is 0.600 bits per heavy atom. The number of unbranched alkanes of at least 4 members (excludes halogenated alkanes) is 55. The largest absolute Gasteiger partial charge is 0.472 e. The summed E-state index contributed by atoms with van der Waals surface area (Å²) in [5, 5.41) is 0. The van der Waals surface area contributed by atoms with Gasteiger partial charge in [0.1, 0.15) is 19.8 Å². The number of phosphoric ester groups is 1. The first kappa shape index (κ1) is 88.2. The van der Waals surface area contributed by atoms with Crippen LogP contribution in [0.2, 0.25) is 0 Å². The molecule has 90 heavy (non-hydrogen) atoms. The Hall–Kier alpha value is -1.77. The van der Waals surface area contributed by atoms with Gasteiger partial charge >= 0.3 is 19.8 Å². The zero-order chi connectivity index (χ0) is 65.5. The number of carbonyl (C=O) groups is 2. The van der Waals surface area contributed by atoms with Crippen molar-refractivity contribution in [2.45, 2.75) is 418 Å². The van der Waals surface area contributed by atoms with Crippen molar-refractivity contribution < 1.29 is 42.1 Å². The maximum atomic E-state index is 12.9. The Labute approximate surface area is 561 Å². The fourth-order valence-corrected chi connectivity index (χ4v) is 12.8. The van der Waals surface area contributed by atoms with Crippen molar-refractivity contribution in [3.05, 3.63) is 36.5 Å². The molecule has 0 saturated heterocycles. The van der Waals surface area contributed by atoms with Crippen molar-refractivity contribution in [3.8, 4) is 0 Å². The molecule has 0 aromatic carbocycles. The van der Waals surface area contributed by atoms with Crippen LogP contribution in [0.15, 0.2) is 36.5 Å². The van der Waals surface area contributed by atoms with Crippen LogP contribution >= 0.6 is 7.82 Å². The minimum atomic E-state index is -4.39. The molecule has 0 aromatic heterocycles. The molecule has 0 fully saturated rings. The van der Waals surface area contributed by atoms with E-state index in [-0.39, 0.29) is 25.6 Å². The molecule has 0 aliphatic heterocycles. The van der Waals surface area contributed by atoms with E-state index in [0.29, 0.717) is 23.9 Å². The zero-order valence-corrected chi connectivity index (χ0v) is 61.8. The van der Waals surface area contributed by atoms with Crippen molar-refractivity contribution in [1.82, 2.24) is 0 Å². The third-order valence-corrected chi connectivity index (χ3v) is 19.1. The molecule has 0 rings (SSSR count). The van der Waals surface area contributed by atoms with Gasteiger partial charge in [-0.3, -0.25) is 18.6 Å². The maximum absolute atomic E-state index is 12.9. The predicted molar refractivity (Wildman–Crippen MR) is 390 cm³/mol. The quantitative estimate of drug-likeness (QED) is 0.0211. The molecule has 2 unspecified atom stereocenters. The van der Waals surface area contributed by atoms with Gasteiger partial charge in [-0.15, -0.1) is 0 Å². The van der Waals surface area contributed by atoms with Crippen LogP contribution in [0.5, 0.6) is 0 Å². The number of hydrogen-bond acceptors (Lipinski definition) is 7. The van der Waals surface area contributed by atoms with Crippen LogP contribution in [0.1, 0.15) is 412 Å². The average molecular weight is 1290 g/mol. The Bertz CT molecular complexity index is 1610. The molecule has 0 bridgehead atoms. The van der Waals surface area contributed by atoms with Gasteiger partial charge in [-0.1, -0.05) is 365 Å². The van der Waals surface area contributed by atoms with Gasteiger partial charge in [0.2, 0.25) is 0 Å². The van der Waals surface area contributed by atoms with E-state index >= 15 is 0 Å². The van der Waals surface area contributed by atoms with Gasteiger partial charge in [0, 0.05) is 12.8 Å². The Kier molecular flexibility index (Phi) is 70.1. The number of nitrogens with zero attached hydrogens (tertiary/aromatic N) is 1. The Morgan fingerprint density at radius 1 is 0.344 bits per heavy atom. The molecule has 0 spiro atoms. The van der Waals surface area contributed by atoms with Crippen LogP contribution < -0.4 is 0 Å².